The van der Waals surface area contributed by atoms with Crippen molar-refractivity contribution >= 4 is 16.8 Å². The molecule has 0 saturated carbocycles. The topological polar surface area (TPSA) is 44.1 Å². The van der Waals surface area contributed by atoms with E-state index in [0.717, 1.165) is 34.2 Å². The molecule has 0 unspecified atom stereocenters. The van der Waals surface area contributed by atoms with E-state index < -0.39 is 0 Å². The van der Waals surface area contributed by atoms with Gasteiger partial charge in [0.05, 0.1) is 18.1 Å². The van der Waals surface area contributed by atoms with Gasteiger partial charge in [0.25, 0.3) is 0 Å². The molecule has 0 aliphatic heterocycles. The van der Waals surface area contributed by atoms with Crippen LogP contribution in [0, 0.1) is 12.8 Å². The number of rotatable bonds is 8. The number of Topliss-reactive ketones (excluding diaryl/α,β-unsaturated/α-hetero) is 1. The summed E-state index contributed by atoms with van der Waals surface area (Å²) in [5.74, 6) is 2.66. The molecule has 1 heterocycles. The Morgan fingerprint density at radius 2 is 1.77 bits per heavy atom. The molecule has 0 atom stereocenters. The Balaban J connectivity index is 0.000000303. The largest absolute Gasteiger partial charge is 0.497 e. The van der Waals surface area contributed by atoms with E-state index in [1.165, 1.54) is 32.1 Å². The van der Waals surface area contributed by atoms with Crippen LogP contribution >= 0.6 is 0 Å². The number of hydrogen-bond donors (Lipinski definition) is 0. The van der Waals surface area contributed by atoms with E-state index in [-0.39, 0.29) is 5.78 Å². The molecule has 0 N–H and O–H groups in total. The molecular weight excluding hydrogens is 372 g/mol. The Kier molecular flexibility index (Phi) is 9.10. The Labute approximate surface area is 181 Å². The van der Waals surface area contributed by atoms with Crippen molar-refractivity contribution in [3.8, 4) is 11.4 Å². The lowest BCUT2D eigenvalue weighted by Crippen LogP contribution is -1.97. The van der Waals surface area contributed by atoms with Crippen molar-refractivity contribution in [1.82, 2.24) is 9.55 Å². The Morgan fingerprint density at radius 1 is 1.07 bits per heavy atom. The van der Waals surface area contributed by atoms with Crippen LogP contribution in [0.15, 0.2) is 42.5 Å². The van der Waals surface area contributed by atoms with Gasteiger partial charge in [0.15, 0.2) is 5.78 Å². The first-order chi connectivity index (χ1) is 14.4. The highest BCUT2D eigenvalue weighted by molar-refractivity contribution is 5.97. The minimum Gasteiger partial charge on any atom is -0.497 e. The molecule has 4 heteroatoms. The van der Waals surface area contributed by atoms with Gasteiger partial charge in [0.2, 0.25) is 0 Å². The molecule has 3 aromatic rings. The number of fused-ring (bicyclic) bond motifs is 1. The minimum absolute atomic E-state index is 0.0496. The zero-order chi connectivity index (χ0) is 22.1. The van der Waals surface area contributed by atoms with E-state index in [9.17, 15) is 4.79 Å². The molecule has 0 amide bonds. The number of benzene rings is 2. The van der Waals surface area contributed by atoms with E-state index in [1.807, 2.05) is 49.4 Å². The number of aromatic nitrogens is 2. The molecule has 30 heavy (non-hydrogen) atoms. The van der Waals surface area contributed by atoms with Gasteiger partial charge in [-0.15, -0.1) is 0 Å². The number of carbonyl (C=O) groups excluding carboxylic acids is 1. The van der Waals surface area contributed by atoms with Gasteiger partial charge in [0.1, 0.15) is 11.6 Å². The number of nitrogens with zero attached hydrogens (tertiary/aromatic N) is 2. The molecule has 2 aromatic carbocycles. The van der Waals surface area contributed by atoms with Crippen molar-refractivity contribution < 1.29 is 9.53 Å². The third kappa shape index (κ3) is 6.45. The van der Waals surface area contributed by atoms with Crippen LogP contribution in [-0.2, 0) is 0 Å². The predicted molar refractivity (Wildman–Crippen MR) is 126 cm³/mol. The number of unbranched alkanes of at least 4 members (excludes halogenated alkanes) is 3. The van der Waals surface area contributed by atoms with Gasteiger partial charge in [-0.05, 0) is 62.2 Å². The van der Waals surface area contributed by atoms with Crippen LogP contribution in [-0.4, -0.2) is 22.4 Å². The van der Waals surface area contributed by atoms with Gasteiger partial charge < -0.3 is 4.74 Å². The number of hydrogen-bond acceptors (Lipinski definition) is 3. The summed E-state index contributed by atoms with van der Waals surface area (Å²) in [6.07, 6.45) is 7.07. The molecular formula is C26H36N2O2. The van der Waals surface area contributed by atoms with Crippen LogP contribution in [0.3, 0.4) is 0 Å². The van der Waals surface area contributed by atoms with Crippen LogP contribution in [0.2, 0.25) is 0 Å². The maximum atomic E-state index is 11.5. The first kappa shape index (κ1) is 23.7. The van der Waals surface area contributed by atoms with Crippen molar-refractivity contribution in [1.29, 1.82) is 0 Å². The molecule has 0 radical (unpaired) electrons. The summed E-state index contributed by atoms with van der Waals surface area (Å²) < 4.78 is 7.25. The number of aryl methyl sites for hydroxylation is 1. The number of methoxy groups -OCH3 is 1. The summed E-state index contributed by atoms with van der Waals surface area (Å²) in [5, 5.41) is 0. The summed E-state index contributed by atoms with van der Waals surface area (Å²) in [7, 11) is 1.65. The predicted octanol–water partition coefficient (Wildman–Crippen LogP) is 7.16. The molecule has 1 aromatic heterocycles. The summed E-state index contributed by atoms with van der Waals surface area (Å²) >= 11 is 0. The van der Waals surface area contributed by atoms with Crippen molar-refractivity contribution in [2.24, 2.45) is 5.92 Å². The average molecular weight is 409 g/mol. The SMILES string of the molecule is CCCCCCC(C)C.COc1ccc(-n2c(C)nc3cc(C(C)=O)ccc32)cc1. The summed E-state index contributed by atoms with van der Waals surface area (Å²) in [4.78, 5) is 16.0. The van der Waals surface area contributed by atoms with Gasteiger partial charge in [-0.1, -0.05) is 52.9 Å². The molecule has 0 aliphatic carbocycles. The second kappa shape index (κ2) is 11.5. The van der Waals surface area contributed by atoms with Crippen LogP contribution < -0.4 is 4.74 Å². The molecule has 0 fully saturated rings. The third-order valence-corrected chi connectivity index (χ3v) is 5.19. The normalized spacial score (nSPS) is 10.8. The zero-order valence-electron chi connectivity index (χ0n) is 19.4. The van der Waals surface area contributed by atoms with E-state index >= 15 is 0 Å². The van der Waals surface area contributed by atoms with Crippen LogP contribution in [0.1, 0.15) is 76.0 Å². The number of ketones is 1. The Bertz CT molecular complexity index is 940. The fourth-order valence-corrected chi connectivity index (χ4v) is 3.46. The fourth-order valence-electron chi connectivity index (χ4n) is 3.46. The highest BCUT2D eigenvalue weighted by atomic mass is 16.5. The Morgan fingerprint density at radius 3 is 2.33 bits per heavy atom. The first-order valence-electron chi connectivity index (χ1n) is 11.0. The first-order valence-corrected chi connectivity index (χ1v) is 11.0. The number of ether oxygens (including phenoxy) is 1. The van der Waals surface area contributed by atoms with Crippen molar-refractivity contribution in [3.63, 3.8) is 0 Å². The molecule has 0 bridgehead atoms. The molecule has 4 nitrogen and oxygen atoms in total. The lowest BCUT2D eigenvalue weighted by atomic mass is 10.1. The maximum absolute atomic E-state index is 11.5. The quantitative estimate of drug-likeness (QED) is 0.293. The molecule has 0 saturated heterocycles. The minimum atomic E-state index is 0.0496. The van der Waals surface area contributed by atoms with Crippen molar-refractivity contribution in [2.45, 2.75) is 66.7 Å². The third-order valence-electron chi connectivity index (χ3n) is 5.19. The van der Waals surface area contributed by atoms with Gasteiger partial charge in [-0.25, -0.2) is 4.98 Å². The Hall–Kier alpha value is -2.62. The highest BCUT2D eigenvalue weighted by Crippen LogP contribution is 2.24. The highest BCUT2D eigenvalue weighted by Gasteiger charge is 2.11. The smallest absolute Gasteiger partial charge is 0.159 e. The number of imidazole rings is 1. The van der Waals surface area contributed by atoms with Gasteiger partial charge >= 0.3 is 0 Å². The summed E-state index contributed by atoms with van der Waals surface area (Å²) in [6, 6.07) is 13.4. The van der Waals surface area contributed by atoms with Crippen molar-refractivity contribution in [2.75, 3.05) is 7.11 Å². The monoisotopic (exact) mass is 408 g/mol. The molecule has 0 aliphatic rings. The van der Waals surface area contributed by atoms with E-state index in [2.05, 4.69) is 30.3 Å². The average Bonchev–Trinajstić information content (AvgIpc) is 3.06. The van der Waals surface area contributed by atoms with Crippen molar-refractivity contribution in [3.05, 3.63) is 53.9 Å². The van der Waals surface area contributed by atoms with E-state index in [0.29, 0.717) is 5.56 Å². The van der Waals surface area contributed by atoms with Crippen LogP contribution in [0.5, 0.6) is 5.75 Å². The lowest BCUT2D eigenvalue weighted by molar-refractivity contribution is 0.101. The summed E-state index contributed by atoms with van der Waals surface area (Å²) in [6.45, 7) is 10.4. The summed E-state index contributed by atoms with van der Waals surface area (Å²) in [5.41, 5.74) is 3.52. The number of carbonyl (C=O) groups is 1. The zero-order valence-corrected chi connectivity index (χ0v) is 19.4. The standard InChI is InChI=1S/C17H16N2O2.C9H20/c1-11(20)13-4-9-17-16(10-13)18-12(2)19(17)14-5-7-15(21-3)8-6-14;1-4-5-6-7-8-9(2)3/h4-10H,1-3H3;9H,4-8H2,1-3H3. The molecule has 3 rings (SSSR count). The fraction of sp³-hybridized carbons (Fsp3) is 0.462. The molecule has 162 valence electrons. The second-order valence-electron chi connectivity index (χ2n) is 8.20. The van der Waals surface area contributed by atoms with Crippen LogP contribution in [0.4, 0.5) is 0 Å². The van der Waals surface area contributed by atoms with E-state index in [1.54, 1.807) is 14.0 Å². The van der Waals surface area contributed by atoms with Gasteiger partial charge in [-0.2, -0.15) is 0 Å². The van der Waals surface area contributed by atoms with Crippen LogP contribution in [0.25, 0.3) is 16.7 Å². The van der Waals surface area contributed by atoms with E-state index in [4.69, 9.17) is 4.74 Å². The lowest BCUT2D eigenvalue weighted by Gasteiger charge is -2.08. The molecule has 0 spiro atoms. The maximum Gasteiger partial charge on any atom is 0.159 e. The van der Waals surface area contributed by atoms with Gasteiger partial charge in [0, 0.05) is 11.3 Å². The van der Waals surface area contributed by atoms with Gasteiger partial charge in [-0.3, -0.25) is 9.36 Å². The second-order valence-corrected chi connectivity index (χ2v) is 8.20.